The van der Waals surface area contributed by atoms with Gasteiger partial charge in [-0.05, 0) is 26.1 Å². The van der Waals surface area contributed by atoms with E-state index in [0.717, 1.165) is 0 Å². The van der Waals surface area contributed by atoms with Gasteiger partial charge < -0.3 is 26.6 Å². The third-order valence-electron chi connectivity index (χ3n) is 2.21. The number of phenolic OH excluding ortho intramolecular Hbond substituents is 2. The van der Waals surface area contributed by atoms with E-state index in [0.29, 0.717) is 11.3 Å². The Bertz CT molecular complexity index is 391. The highest BCUT2D eigenvalue weighted by atomic mass is 16.3. The lowest BCUT2D eigenvalue weighted by Gasteiger charge is -2.11. The van der Waals surface area contributed by atoms with Crippen LogP contribution in [0.2, 0.25) is 0 Å². The van der Waals surface area contributed by atoms with Crippen molar-refractivity contribution >= 4 is 5.70 Å². The van der Waals surface area contributed by atoms with E-state index in [-0.39, 0.29) is 17.7 Å². The summed E-state index contributed by atoms with van der Waals surface area (Å²) in [4.78, 5) is 0. The molecule has 0 fully saturated rings. The number of aromatic hydroxyl groups is 2. The molecule has 0 amide bonds. The molecule has 6 N–H and O–H groups in total. The fourth-order valence-electron chi connectivity index (χ4n) is 1.14. The fourth-order valence-corrected chi connectivity index (χ4v) is 1.14. The van der Waals surface area contributed by atoms with Gasteiger partial charge in [-0.3, -0.25) is 0 Å². The third kappa shape index (κ3) is 3.06. The predicted octanol–water partition coefficient (Wildman–Crippen LogP) is 0.510. The molecule has 0 bridgehead atoms. The highest BCUT2D eigenvalue weighted by Crippen LogP contribution is 2.25. The highest BCUT2D eigenvalue weighted by Gasteiger charge is 2.05. The number of phenols is 2. The van der Waals surface area contributed by atoms with E-state index in [1.54, 1.807) is 12.3 Å². The molecular weight excluding hydrogens is 206 g/mol. The van der Waals surface area contributed by atoms with Crippen LogP contribution in [-0.2, 0) is 0 Å². The Hall–Kier alpha value is -1.88. The lowest BCUT2D eigenvalue weighted by atomic mass is 10.1. The van der Waals surface area contributed by atoms with Crippen LogP contribution in [0.25, 0.3) is 5.70 Å². The number of nitrogens with one attached hydrogen (secondary N) is 2. The molecule has 1 aromatic carbocycles. The maximum absolute atomic E-state index is 9.56. The minimum absolute atomic E-state index is 0.00519. The van der Waals surface area contributed by atoms with Crippen LogP contribution in [0.15, 0.2) is 24.4 Å². The summed E-state index contributed by atoms with van der Waals surface area (Å²) in [6.45, 7) is 1.93. The van der Waals surface area contributed by atoms with Crippen LogP contribution in [0.4, 0.5) is 0 Å². The Morgan fingerprint density at radius 2 is 2.12 bits per heavy atom. The summed E-state index contributed by atoms with van der Waals surface area (Å²) in [6, 6.07) is 4.27. The predicted molar refractivity (Wildman–Crippen MR) is 63.6 cm³/mol. The van der Waals surface area contributed by atoms with Crippen LogP contribution in [0.5, 0.6) is 11.5 Å². The lowest BCUT2D eigenvalue weighted by molar-refractivity contribution is 0.449. The Labute approximate surface area is 94.6 Å². The molecule has 5 heteroatoms. The Morgan fingerprint density at radius 1 is 1.44 bits per heavy atom. The summed E-state index contributed by atoms with van der Waals surface area (Å²) in [6.07, 6.45) is 1.69. The van der Waals surface area contributed by atoms with Gasteiger partial charge in [0.2, 0.25) is 0 Å². The first-order valence-corrected chi connectivity index (χ1v) is 4.96. The zero-order valence-corrected chi connectivity index (χ0v) is 9.36. The number of nitrogens with two attached hydrogens (primary N) is 1. The second kappa shape index (κ2) is 5.27. The molecule has 1 rings (SSSR count). The van der Waals surface area contributed by atoms with Gasteiger partial charge in [0.05, 0.1) is 11.9 Å². The second-order valence-electron chi connectivity index (χ2n) is 3.48. The summed E-state index contributed by atoms with van der Waals surface area (Å²) in [5.74, 6) is -0.0433. The van der Waals surface area contributed by atoms with Crippen LogP contribution >= 0.6 is 0 Å². The summed E-state index contributed by atoms with van der Waals surface area (Å²) in [5, 5.41) is 24.7. The second-order valence-corrected chi connectivity index (χ2v) is 3.48. The van der Waals surface area contributed by atoms with Crippen molar-refractivity contribution in [3.8, 4) is 11.5 Å². The van der Waals surface area contributed by atoms with E-state index in [9.17, 15) is 5.11 Å². The zero-order valence-electron chi connectivity index (χ0n) is 9.36. The summed E-state index contributed by atoms with van der Waals surface area (Å²) >= 11 is 0. The average Bonchev–Trinajstić information content (AvgIpc) is 2.25. The summed E-state index contributed by atoms with van der Waals surface area (Å²) in [7, 11) is 1.82. The van der Waals surface area contributed by atoms with Crippen molar-refractivity contribution in [2.75, 3.05) is 7.05 Å². The van der Waals surface area contributed by atoms with Crippen molar-refractivity contribution in [3.63, 3.8) is 0 Å². The molecule has 0 saturated carbocycles. The van der Waals surface area contributed by atoms with E-state index in [1.165, 1.54) is 12.1 Å². The molecule has 16 heavy (non-hydrogen) atoms. The quantitative estimate of drug-likeness (QED) is 0.480. The number of rotatable bonds is 4. The van der Waals surface area contributed by atoms with Crippen molar-refractivity contribution in [2.24, 2.45) is 5.73 Å². The van der Waals surface area contributed by atoms with Crippen LogP contribution in [0.3, 0.4) is 0 Å². The summed E-state index contributed by atoms with van der Waals surface area (Å²) in [5.41, 5.74) is 6.66. The van der Waals surface area contributed by atoms with E-state index >= 15 is 0 Å². The molecule has 0 radical (unpaired) electrons. The first-order valence-electron chi connectivity index (χ1n) is 4.96. The summed E-state index contributed by atoms with van der Waals surface area (Å²) < 4.78 is 0. The van der Waals surface area contributed by atoms with Gasteiger partial charge in [-0.25, -0.2) is 0 Å². The number of hydrogen-bond acceptors (Lipinski definition) is 5. The van der Waals surface area contributed by atoms with Gasteiger partial charge in [0.1, 0.15) is 11.5 Å². The molecule has 1 atom stereocenters. The van der Waals surface area contributed by atoms with Gasteiger partial charge in [-0.15, -0.1) is 0 Å². The maximum atomic E-state index is 9.56. The van der Waals surface area contributed by atoms with E-state index < -0.39 is 0 Å². The smallest absolute Gasteiger partial charge is 0.128 e. The third-order valence-corrected chi connectivity index (χ3v) is 2.21. The molecule has 0 aliphatic heterocycles. The molecule has 0 heterocycles. The van der Waals surface area contributed by atoms with Crippen molar-refractivity contribution < 1.29 is 10.2 Å². The first kappa shape index (κ1) is 12.2. The van der Waals surface area contributed by atoms with Crippen LogP contribution < -0.4 is 16.4 Å². The van der Waals surface area contributed by atoms with Crippen molar-refractivity contribution in [2.45, 2.75) is 13.1 Å². The van der Waals surface area contributed by atoms with Crippen LogP contribution in [-0.4, -0.2) is 23.4 Å². The molecule has 88 valence electrons. The SMILES string of the molecule is CNC(C)N/C=C(\N)c1ccc(O)cc1O. The fraction of sp³-hybridized carbons (Fsp3) is 0.273. The molecule has 1 aromatic rings. The molecule has 1 unspecified atom stereocenters. The van der Waals surface area contributed by atoms with Crippen molar-refractivity contribution in [3.05, 3.63) is 30.0 Å². The standard InChI is InChI=1S/C11H17N3O2/c1-7(13-2)14-6-10(12)9-4-3-8(15)5-11(9)16/h3-7,13-16H,12H2,1-2H3/b10-6-. The molecule has 0 spiro atoms. The van der Waals surface area contributed by atoms with E-state index in [1.807, 2.05) is 14.0 Å². The number of hydrogen-bond donors (Lipinski definition) is 5. The zero-order chi connectivity index (χ0) is 12.1. The van der Waals surface area contributed by atoms with Gasteiger partial charge in [-0.2, -0.15) is 0 Å². The molecule has 0 aliphatic rings. The van der Waals surface area contributed by atoms with Crippen LogP contribution in [0.1, 0.15) is 12.5 Å². The highest BCUT2D eigenvalue weighted by molar-refractivity contribution is 5.68. The van der Waals surface area contributed by atoms with E-state index in [4.69, 9.17) is 10.8 Å². The Kier molecular flexibility index (Phi) is 4.02. The maximum Gasteiger partial charge on any atom is 0.128 e. The van der Waals surface area contributed by atoms with Gasteiger partial charge in [0, 0.05) is 17.8 Å². The van der Waals surface area contributed by atoms with E-state index in [2.05, 4.69) is 10.6 Å². The van der Waals surface area contributed by atoms with Gasteiger partial charge >= 0.3 is 0 Å². The van der Waals surface area contributed by atoms with Gasteiger partial charge in [0.15, 0.2) is 0 Å². The molecule has 0 aliphatic carbocycles. The van der Waals surface area contributed by atoms with Crippen molar-refractivity contribution in [1.29, 1.82) is 0 Å². The topological polar surface area (TPSA) is 90.5 Å². The molecule has 0 saturated heterocycles. The first-order chi connectivity index (χ1) is 7.54. The normalized spacial score (nSPS) is 13.5. The lowest BCUT2D eigenvalue weighted by Crippen LogP contribution is -2.34. The minimum Gasteiger partial charge on any atom is -0.508 e. The molecule has 0 aromatic heterocycles. The van der Waals surface area contributed by atoms with Gasteiger partial charge in [-0.1, -0.05) is 0 Å². The minimum atomic E-state index is -0.0485. The largest absolute Gasteiger partial charge is 0.508 e. The van der Waals surface area contributed by atoms with Crippen LogP contribution in [0, 0.1) is 0 Å². The molecular formula is C11H17N3O2. The molecule has 5 nitrogen and oxygen atoms in total. The Balaban J connectivity index is 2.83. The number of benzene rings is 1. The van der Waals surface area contributed by atoms with Gasteiger partial charge in [0.25, 0.3) is 0 Å². The Morgan fingerprint density at radius 3 is 2.69 bits per heavy atom. The van der Waals surface area contributed by atoms with Crippen molar-refractivity contribution in [1.82, 2.24) is 10.6 Å². The average molecular weight is 223 g/mol. The monoisotopic (exact) mass is 223 g/mol.